The zero-order valence-electron chi connectivity index (χ0n) is 9.62. The second-order valence-corrected chi connectivity index (χ2v) is 5.24. The number of carboxylic acid groups (broad SMARTS) is 1. The number of ether oxygens (including phenoxy) is 1. The van der Waals surface area contributed by atoms with Crippen molar-refractivity contribution in [1.29, 1.82) is 0 Å². The summed E-state index contributed by atoms with van der Waals surface area (Å²) in [4.78, 5) is 22.6. The molecular weight excluding hydrogens is 217 g/mol. The Bertz CT molecular complexity index is 304. The zero-order valence-corrected chi connectivity index (χ0v) is 9.62. The van der Waals surface area contributed by atoms with Gasteiger partial charge in [-0.15, -0.1) is 0 Å². The van der Waals surface area contributed by atoms with Crippen molar-refractivity contribution in [3.8, 4) is 0 Å². The quantitative estimate of drug-likeness (QED) is 0.729. The molecule has 0 aromatic carbocycles. The largest absolute Gasteiger partial charge is 0.465 e. The average Bonchev–Trinajstić information content (AvgIpc) is 2.07. The highest BCUT2D eigenvalue weighted by Crippen LogP contribution is 2.27. The molecule has 0 unspecified atom stereocenters. The summed E-state index contributed by atoms with van der Waals surface area (Å²) in [6, 6.07) is 0. The highest BCUT2D eigenvalue weighted by molar-refractivity contribution is 5.84. The molecule has 0 aromatic rings. The van der Waals surface area contributed by atoms with E-state index in [4.69, 9.17) is 9.84 Å². The molecule has 0 bridgehead atoms. The van der Waals surface area contributed by atoms with Gasteiger partial charge < -0.3 is 14.7 Å². The smallest absolute Gasteiger partial charge is 0.407 e. The lowest BCUT2D eigenvalue weighted by molar-refractivity contribution is -0.171. The number of likely N-dealkylation sites (tertiary alicyclic amines) is 1. The maximum atomic E-state index is 13.7. The minimum atomic E-state index is -2.16. The molecule has 92 valence electrons. The van der Waals surface area contributed by atoms with Crippen LogP contribution < -0.4 is 0 Å². The van der Waals surface area contributed by atoms with Crippen LogP contribution in [0.25, 0.3) is 0 Å². The molecule has 0 radical (unpaired) electrons. The third-order valence-electron chi connectivity index (χ3n) is 2.16. The minimum Gasteiger partial charge on any atom is -0.465 e. The second-order valence-electron chi connectivity index (χ2n) is 5.24. The van der Waals surface area contributed by atoms with Crippen molar-refractivity contribution >= 4 is 12.1 Å². The Morgan fingerprint density at radius 1 is 1.44 bits per heavy atom. The predicted molar refractivity (Wildman–Crippen MR) is 53.9 cm³/mol. The van der Waals surface area contributed by atoms with Crippen molar-refractivity contribution < 1.29 is 23.8 Å². The number of carbonyl (C=O) groups excluding carboxylic acids is 1. The number of esters is 1. The number of nitrogens with zero attached hydrogens (tertiary/aromatic N) is 1. The highest BCUT2D eigenvalue weighted by atomic mass is 19.1. The third kappa shape index (κ3) is 2.84. The molecule has 5 nitrogen and oxygen atoms in total. The first kappa shape index (κ1) is 12.7. The van der Waals surface area contributed by atoms with Gasteiger partial charge in [0.15, 0.2) is 0 Å². The van der Waals surface area contributed by atoms with E-state index in [9.17, 15) is 14.0 Å². The number of hydrogen-bond acceptors (Lipinski definition) is 3. The molecule has 16 heavy (non-hydrogen) atoms. The molecule has 0 saturated carbocycles. The zero-order chi connectivity index (χ0) is 12.6. The van der Waals surface area contributed by atoms with Crippen LogP contribution in [0.2, 0.25) is 0 Å². The summed E-state index contributed by atoms with van der Waals surface area (Å²) < 4.78 is 18.5. The molecule has 0 aliphatic carbocycles. The fraction of sp³-hybridized carbons (Fsp3) is 0.800. The van der Waals surface area contributed by atoms with Gasteiger partial charge in [-0.1, -0.05) is 20.8 Å². The molecule has 1 fully saturated rings. The van der Waals surface area contributed by atoms with Gasteiger partial charge in [-0.3, -0.25) is 0 Å². The molecule has 1 aliphatic heterocycles. The van der Waals surface area contributed by atoms with Crippen molar-refractivity contribution in [2.24, 2.45) is 5.41 Å². The molecule has 1 saturated heterocycles. The minimum absolute atomic E-state index is 0.116. The Balaban J connectivity index is 2.42. The maximum absolute atomic E-state index is 13.7. The molecule has 0 atom stereocenters. The van der Waals surface area contributed by atoms with Gasteiger partial charge in [-0.2, -0.15) is 0 Å². The van der Waals surface area contributed by atoms with E-state index in [0.29, 0.717) is 0 Å². The first-order chi connectivity index (χ1) is 7.14. The first-order valence-electron chi connectivity index (χ1n) is 4.98. The maximum Gasteiger partial charge on any atom is 0.407 e. The molecule has 1 rings (SSSR count). The number of alkyl halides is 1. The van der Waals surface area contributed by atoms with Gasteiger partial charge in [0.1, 0.15) is 0 Å². The molecule has 1 N–H and O–H groups in total. The Kier molecular flexibility index (Phi) is 3.12. The van der Waals surface area contributed by atoms with Crippen molar-refractivity contribution in [3.05, 3.63) is 0 Å². The summed E-state index contributed by atoms with van der Waals surface area (Å²) in [5.74, 6) is -0.972. The van der Waals surface area contributed by atoms with Gasteiger partial charge in [0.2, 0.25) is 5.67 Å². The monoisotopic (exact) mass is 233 g/mol. The van der Waals surface area contributed by atoms with Crippen LogP contribution in [0.1, 0.15) is 20.8 Å². The fourth-order valence-corrected chi connectivity index (χ4v) is 1.23. The highest BCUT2D eigenvalue weighted by Gasteiger charge is 2.53. The van der Waals surface area contributed by atoms with E-state index >= 15 is 0 Å². The van der Waals surface area contributed by atoms with Crippen molar-refractivity contribution in [1.82, 2.24) is 4.90 Å². The Morgan fingerprint density at radius 2 is 1.94 bits per heavy atom. The molecule has 0 aromatic heterocycles. The van der Waals surface area contributed by atoms with Crippen molar-refractivity contribution in [2.45, 2.75) is 26.4 Å². The first-order valence-corrected chi connectivity index (χ1v) is 4.98. The molecule has 0 spiro atoms. The lowest BCUT2D eigenvalue weighted by atomic mass is 9.96. The summed E-state index contributed by atoms with van der Waals surface area (Å²) in [6.07, 6.45) is -1.23. The lowest BCUT2D eigenvalue weighted by Gasteiger charge is -2.40. The normalized spacial score (nSPS) is 18.9. The van der Waals surface area contributed by atoms with Gasteiger partial charge in [0.05, 0.1) is 19.7 Å². The number of carbonyl (C=O) groups is 2. The fourth-order valence-electron chi connectivity index (χ4n) is 1.23. The Morgan fingerprint density at radius 3 is 2.31 bits per heavy atom. The molecule has 1 heterocycles. The van der Waals surface area contributed by atoms with Gasteiger partial charge in [-0.05, 0) is 5.41 Å². The summed E-state index contributed by atoms with van der Waals surface area (Å²) in [5, 5.41) is 8.51. The topological polar surface area (TPSA) is 66.8 Å². The van der Waals surface area contributed by atoms with Crippen molar-refractivity contribution in [2.75, 3.05) is 19.7 Å². The SMILES string of the molecule is CC(C)(C)COC(=O)C1(F)CN(C(=O)O)C1. The van der Waals surface area contributed by atoms with Gasteiger partial charge in [-0.25, -0.2) is 14.0 Å². The number of rotatable bonds is 2. The van der Waals surface area contributed by atoms with E-state index in [1.807, 2.05) is 20.8 Å². The van der Waals surface area contributed by atoms with E-state index in [0.717, 1.165) is 4.90 Å². The molecular formula is C10H16FNO4. The second kappa shape index (κ2) is 3.92. The summed E-state index contributed by atoms with van der Waals surface area (Å²) >= 11 is 0. The van der Waals surface area contributed by atoms with Gasteiger partial charge in [0, 0.05) is 0 Å². The Hall–Kier alpha value is -1.33. The number of halogens is 1. The standard InChI is InChI=1S/C10H16FNO4/c1-9(2,3)6-16-7(13)10(11)4-12(5-10)8(14)15/h4-6H2,1-3H3,(H,14,15). The third-order valence-corrected chi connectivity index (χ3v) is 2.16. The van der Waals surface area contributed by atoms with Crippen LogP contribution in [0.5, 0.6) is 0 Å². The van der Waals surface area contributed by atoms with Crippen LogP contribution in [0.15, 0.2) is 0 Å². The van der Waals surface area contributed by atoms with E-state index in [2.05, 4.69) is 0 Å². The van der Waals surface area contributed by atoms with Crippen LogP contribution in [-0.4, -0.2) is 47.4 Å². The van der Waals surface area contributed by atoms with E-state index in [1.54, 1.807) is 0 Å². The van der Waals surface area contributed by atoms with E-state index in [-0.39, 0.29) is 12.0 Å². The summed E-state index contributed by atoms with van der Waals surface area (Å²) in [7, 11) is 0. The lowest BCUT2D eigenvalue weighted by Crippen LogP contribution is -2.65. The van der Waals surface area contributed by atoms with Gasteiger partial charge in [0.25, 0.3) is 0 Å². The molecule has 6 heteroatoms. The average molecular weight is 233 g/mol. The van der Waals surface area contributed by atoms with Crippen molar-refractivity contribution in [3.63, 3.8) is 0 Å². The number of hydrogen-bond donors (Lipinski definition) is 1. The van der Waals surface area contributed by atoms with Crippen LogP contribution >= 0.6 is 0 Å². The molecule has 1 amide bonds. The van der Waals surface area contributed by atoms with E-state index in [1.165, 1.54) is 0 Å². The van der Waals surface area contributed by atoms with Gasteiger partial charge >= 0.3 is 12.1 Å². The van der Waals surface area contributed by atoms with Crippen LogP contribution in [0.4, 0.5) is 9.18 Å². The van der Waals surface area contributed by atoms with Crippen LogP contribution in [0, 0.1) is 5.41 Å². The summed E-state index contributed by atoms with van der Waals surface area (Å²) in [6.45, 7) is 4.81. The number of amides is 1. The Labute approximate surface area is 93.2 Å². The predicted octanol–water partition coefficient (Wildman–Crippen LogP) is 1.28. The summed E-state index contributed by atoms with van der Waals surface area (Å²) in [5.41, 5.74) is -2.40. The molecule has 1 aliphatic rings. The van der Waals surface area contributed by atoms with Crippen LogP contribution in [-0.2, 0) is 9.53 Å². The van der Waals surface area contributed by atoms with E-state index < -0.39 is 30.8 Å². The van der Waals surface area contributed by atoms with Crippen LogP contribution in [0.3, 0.4) is 0 Å².